The standard InChI is InChI=1S/C18H27F3N2O2/c1-11(2)17(24,18(19,20)21)14-8-13(5)15(9-16(14)25-7)22-10-23(6)12(3)4/h8-12,24H,1-7H3. The highest BCUT2D eigenvalue weighted by atomic mass is 19.4. The van der Waals surface area contributed by atoms with E-state index in [-0.39, 0.29) is 17.4 Å². The second kappa shape index (κ2) is 7.64. The Bertz CT molecular complexity index is 627. The maximum atomic E-state index is 13.6. The Morgan fingerprint density at radius 1 is 1.20 bits per heavy atom. The summed E-state index contributed by atoms with van der Waals surface area (Å²) in [5, 5.41) is 10.5. The number of aryl methyl sites for hydroxylation is 1. The molecule has 0 aromatic heterocycles. The zero-order valence-electron chi connectivity index (χ0n) is 15.8. The van der Waals surface area contributed by atoms with Crippen molar-refractivity contribution in [2.24, 2.45) is 10.9 Å². The van der Waals surface area contributed by atoms with Gasteiger partial charge in [-0.1, -0.05) is 13.8 Å². The van der Waals surface area contributed by atoms with Crippen molar-refractivity contribution in [1.82, 2.24) is 4.90 Å². The molecule has 1 aromatic carbocycles. The molecule has 0 spiro atoms. The van der Waals surface area contributed by atoms with Crippen LogP contribution in [0.5, 0.6) is 5.75 Å². The molecule has 0 heterocycles. The summed E-state index contributed by atoms with van der Waals surface area (Å²) in [6, 6.07) is 2.96. The lowest BCUT2D eigenvalue weighted by Gasteiger charge is -2.35. The van der Waals surface area contributed by atoms with Crippen molar-refractivity contribution < 1.29 is 23.0 Å². The minimum atomic E-state index is -4.83. The largest absolute Gasteiger partial charge is 0.496 e. The van der Waals surface area contributed by atoms with E-state index in [1.807, 2.05) is 25.8 Å². The predicted octanol–water partition coefficient (Wildman–Crippen LogP) is 4.41. The van der Waals surface area contributed by atoms with Gasteiger partial charge in [0.05, 0.1) is 19.1 Å². The van der Waals surface area contributed by atoms with Crippen LogP contribution in [-0.4, -0.2) is 42.7 Å². The molecule has 0 aliphatic rings. The molecular weight excluding hydrogens is 333 g/mol. The van der Waals surface area contributed by atoms with Crippen LogP contribution in [0.4, 0.5) is 18.9 Å². The second-order valence-corrected chi connectivity index (χ2v) is 6.76. The van der Waals surface area contributed by atoms with Gasteiger partial charge in [-0.3, -0.25) is 0 Å². The zero-order chi connectivity index (χ0) is 19.6. The number of hydrogen-bond donors (Lipinski definition) is 1. The third-order valence-electron chi connectivity index (χ3n) is 4.39. The summed E-state index contributed by atoms with van der Waals surface area (Å²) in [7, 11) is 3.13. The Hall–Kier alpha value is -1.76. The molecule has 4 nitrogen and oxygen atoms in total. The SMILES string of the molecule is COc1cc(N=CN(C)C(C)C)c(C)cc1C(O)(C(C)C)C(F)(F)F. The summed E-state index contributed by atoms with van der Waals surface area (Å²) >= 11 is 0. The highest BCUT2D eigenvalue weighted by Crippen LogP contribution is 2.48. The molecule has 0 aliphatic carbocycles. The molecule has 0 amide bonds. The number of nitrogens with zero attached hydrogens (tertiary/aromatic N) is 2. The van der Waals surface area contributed by atoms with Crippen LogP contribution in [0.25, 0.3) is 0 Å². The van der Waals surface area contributed by atoms with E-state index in [0.717, 1.165) is 0 Å². The normalized spacial score (nSPS) is 15.1. The molecule has 25 heavy (non-hydrogen) atoms. The van der Waals surface area contributed by atoms with Gasteiger partial charge in [0.25, 0.3) is 0 Å². The van der Waals surface area contributed by atoms with Crippen molar-refractivity contribution in [3.8, 4) is 5.75 Å². The van der Waals surface area contributed by atoms with Crippen molar-refractivity contribution in [3.05, 3.63) is 23.3 Å². The summed E-state index contributed by atoms with van der Waals surface area (Å²) in [5.41, 5.74) is -2.29. The highest BCUT2D eigenvalue weighted by molar-refractivity contribution is 5.65. The highest BCUT2D eigenvalue weighted by Gasteiger charge is 2.58. The first kappa shape index (κ1) is 21.3. The van der Waals surface area contributed by atoms with E-state index in [9.17, 15) is 18.3 Å². The molecule has 7 heteroatoms. The Morgan fingerprint density at radius 2 is 1.76 bits per heavy atom. The van der Waals surface area contributed by atoms with E-state index < -0.39 is 17.7 Å². The minimum absolute atomic E-state index is 0.0431. The number of alkyl halides is 3. The quantitative estimate of drug-likeness (QED) is 0.604. The number of aliphatic imine (C=N–C) groups is 1. The smallest absolute Gasteiger partial charge is 0.421 e. The van der Waals surface area contributed by atoms with E-state index in [1.54, 1.807) is 13.3 Å². The Morgan fingerprint density at radius 3 is 2.16 bits per heavy atom. The van der Waals surface area contributed by atoms with Crippen LogP contribution in [0.15, 0.2) is 17.1 Å². The monoisotopic (exact) mass is 360 g/mol. The van der Waals surface area contributed by atoms with Crippen LogP contribution in [0, 0.1) is 12.8 Å². The summed E-state index contributed by atoms with van der Waals surface area (Å²) in [5.74, 6) is -1.12. The van der Waals surface area contributed by atoms with E-state index in [2.05, 4.69) is 4.99 Å². The van der Waals surface area contributed by atoms with Gasteiger partial charge >= 0.3 is 6.18 Å². The first-order chi connectivity index (χ1) is 11.4. The Kier molecular flexibility index (Phi) is 6.50. The molecule has 0 fully saturated rings. The summed E-state index contributed by atoms with van der Waals surface area (Å²) in [6.45, 7) is 8.29. The molecule has 1 aromatic rings. The second-order valence-electron chi connectivity index (χ2n) is 6.76. The first-order valence-corrected chi connectivity index (χ1v) is 8.10. The number of rotatable bonds is 6. The topological polar surface area (TPSA) is 45.1 Å². The lowest BCUT2D eigenvalue weighted by molar-refractivity contribution is -0.283. The van der Waals surface area contributed by atoms with Crippen LogP contribution in [0.1, 0.15) is 38.8 Å². The van der Waals surface area contributed by atoms with E-state index in [4.69, 9.17) is 4.74 Å². The average molecular weight is 360 g/mol. The molecule has 0 saturated heterocycles. The van der Waals surface area contributed by atoms with E-state index in [0.29, 0.717) is 11.3 Å². The number of methoxy groups -OCH3 is 1. The number of benzene rings is 1. The molecule has 0 bridgehead atoms. The molecule has 0 radical (unpaired) electrons. The van der Waals surface area contributed by atoms with Gasteiger partial charge in [0.1, 0.15) is 5.75 Å². The van der Waals surface area contributed by atoms with Crippen molar-refractivity contribution in [1.29, 1.82) is 0 Å². The fourth-order valence-corrected chi connectivity index (χ4v) is 2.36. The summed E-state index contributed by atoms with van der Waals surface area (Å²) in [4.78, 5) is 6.20. The third kappa shape index (κ3) is 4.26. The van der Waals surface area contributed by atoms with Gasteiger partial charge in [-0.15, -0.1) is 0 Å². The van der Waals surface area contributed by atoms with Crippen molar-refractivity contribution in [3.63, 3.8) is 0 Å². The zero-order valence-corrected chi connectivity index (χ0v) is 15.8. The number of hydrogen-bond acceptors (Lipinski definition) is 3. The van der Waals surface area contributed by atoms with Crippen LogP contribution in [0.2, 0.25) is 0 Å². The summed E-state index contributed by atoms with van der Waals surface area (Å²) < 4.78 is 45.9. The molecule has 1 rings (SSSR count). The Labute approximate surface area is 147 Å². The maximum Gasteiger partial charge on any atom is 0.421 e. The van der Waals surface area contributed by atoms with Gasteiger partial charge < -0.3 is 14.7 Å². The Balaban J connectivity index is 3.49. The molecular formula is C18H27F3N2O2. The number of ether oxygens (including phenoxy) is 1. The number of halogens is 3. The fourth-order valence-electron chi connectivity index (χ4n) is 2.36. The van der Waals surface area contributed by atoms with Crippen molar-refractivity contribution in [2.75, 3.05) is 14.2 Å². The maximum absolute atomic E-state index is 13.6. The predicted molar refractivity (Wildman–Crippen MR) is 93.6 cm³/mol. The lowest BCUT2D eigenvalue weighted by Crippen LogP contribution is -2.47. The average Bonchev–Trinajstić information content (AvgIpc) is 2.50. The van der Waals surface area contributed by atoms with E-state index in [1.165, 1.54) is 33.1 Å². The molecule has 0 saturated carbocycles. The van der Waals surface area contributed by atoms with Gasteiger partial charge in [-0.2, -0.15) is 13.2 Å². The van der Waals surface area contributed by atoms with Crippen LogP contribution in [0.3, 0.4) is 0 Å². The molecule has 1 N–H and O–H groups in total. The third-order valence-corrected chi connectivity index (χ3v) is 4.39. The van der Waals surface area contributed by atoms with Gasteiger partial charge in [0.2, 0.25) is 0 Å². The van der Waals surface area contributed by atoms with E-state index >= 15 is 0 Å². The summed E-state index contributed by atoms with van der Waals surface area (Å²) in [6.07, 6.45) is -3.21. The lowest BCUT2D eigenvalue weighted by atomic mass is 9.81. The number of aliphatic hydroxyl groups is 1. The van der Waals surface area contributed by atoms with Crippen LogP contribution < -0.4 is 4.74 Å². The molecule has 0 aliphatic heterocycles. The molecule has 1 unspecified atom stereocenters. The minimum Gasteiger partial charge on any atom is -0.496 e. The fraction of sp³-hybridized carbons (Fsp3) is 0.611. The van der Waals surface area contributed by atoms with Crippen LogP contribution >= 0.6 is 0 Å². The van der Waals surface area contributed by atoms with Gasteiger partial charge in [-0.25, -0.2) is 4.99 Å². The van der Waals surface area contributed by atoms with Gasteiger partial charge in [0, 0.05) is 24.7 Å². The molecule has 1 atom stereocenters. The molecule has 142 valence electrons. The van der Waals surface area contributed by atoms with Gasteiger partial charge in [0.15, 0.2) is 5.60 Å². The van der Waals surface area contributed by atoms with Crippen LogP contribution in [-0.2, 0) is 5.60 Å². The van der Waals surface area contributed by atoms with Gasteiger partial charge in [-0.05, 0) is 38.3 Å². The first-order valence-electron chi connectivity index (χ1n) is 8.10. The van der Waals surface area contributed by atoms with Crippen molar-refractivity contribution in [2.45, 2.75) is 52.4 Å². The van der Waals surface area contributed by atoms with Crippen molar-refractivity contribution >= 4 is 12.0 Å².